The Bertz CT molecular complexity index is 767. The van der Waals surface area contributed by atoms with Gasteiger partial charge in [0.2, 0.25) is 5.91 Å². The Morgan fingerprint density at radius 1 is 1.26 bits per heavy atom. The number of nitrogens with one attached hydrogen (secondary N) is 1. The fourth-order valence-electron chi connectivity index (χ4n) is 2.53. The van der Waals surface area contributed by atoms with Crippen LogP contribution in [0.15, 0.2) is 36.4 Å². The smallest absolute Gasteiger partial charge is 0.227 e. The number of benzene rings is 1. The van der Waals surface area contributed by atoms with E-state index in [2.05, 4.69) is 10.3 Å². The molecule has 6 heteroatoms. The second-order valence-electron chi connectivity index (χ2n) is 5.31. The van der Waals surface area contributed by atoms with Gasteiger partial charge in [-0.1, -0.05) is 23.7 Å². The minimum absolute atomic E-state index is 0.185. The lowest BCUT2D eigenvalue weighted by molar-refractivity contribution is -0.117. The zero-order valence-corrected chi connectivity index (χ0v) is 13.2. The average Bonchev–Trinajstić information content (AvgIpc) is 3.00. The summed E-state index contributed by atoms with van der Waals surface area (Å²) in [6.07, 6.45) is 1.55. The quantitative estimate of drug-likeness (QED) is 0.935. The first-order valence-electron chi connectivity index (χ1n) is 7.37. The number of halogens is 1. The average molecular weight is 327 g/mol. The van der Waals surface area contributed by atoms with Crippen molar-refractivity contribution in [2.75, 3.05) is 16.8 Å². The summed E-state index contributed by atoms with van der Waals surface area (Å²) < 4.78 is 0. The Morgan fingerprint density at radius 3 is 2.70 bits per heavy atom. The zero-order chi connectivity index (χ0) is 16.2. The number of hydrogen-bond acceptors (Lipinski definition) is 4. The number of carbonyl (C=O) groups is 1. The van der Waals surface area contributed by atoms with Crippen LogP contribution in [0.4, 0.5) is 11.5 Å². The number of rotatable bonds is 4. The molecule has 0 aliphatic carbocycles. The molecule has 2 heterocycles. The zero-order valence-electron chi connectivity index (χ0n) is 12.4. The molecular formula is C17H15ClN4O. The first kappa shape index (κ1) is 15.3. The van der Waals surface area contributed by atoms with Crippen molar-refractivity contribution in [3.8, 4) is 6.07 Å². The van der Waals surface area contributed by atoms with Crippen LogP contribution >= 0.6 is 11.6 Å². The number of nitriles is 1. The van der Waals surface area contributed by atoms with Crippen LogP contribution in [0.3, 0.4) is 0 Å². The number of anilines is 2. The molecule has 0 unspecified atom stereocenters. The number of hydrogen-bond donors (Lipinski definition) is 1. The highest BCUT2D eigenvalue weighted by atomic mass is 35.5. The van der Waals surface area contributed by atoms with Crippen molar-refractivity contribution in [3.63, 3.8) is 0 Å². The summed E-state index contributed by atoms with van der Waals surface area (Å²) >= 11 is 5.86. The van der Waals surface area contributed by atoms with Crippen molar-refractivity contribution in [2.45, 2.75) is 19.4 Å². The van der Waals surface area contributed by atoms with Gasteiger partial charge in [-0.25, -0.2) is 4.98 Å². The maximum atomic E-state index is 11.7. The van der Waals surface area contributed by atoms with Gasteiger partial charge in [0.05, 0.1) is 5.02 Å². The van der Waals surface area contributed by atoms with Crippen LogP contribution in [0.25, 0.3) is 0 Å². The predicted molar refractivity (Wildman–Crippen MR) is 89.3 cm³/mol. The third-order valence-electron chi connectivity index (χ3n) is 3.75. The topological polar surface area (TPSA) is 69.0 Å². The highest BCUT2D eigenvalue weighted by Crippen LogP contribution is 2.22. The monoisotopic (exact) mass is 326 g/mol. The van der Waals surface area contributed by atoms with Gasteiger partial charge in [-0.2, -0.15) is 5.26 Å². The molecule has 1 aromatic heterocycles. The third-order valence-corrected chi connectivity index (χ3v) is 4.05. The van der Waals surface area contributed by atoms with Crippen molar-refractivity contribution < 1.29 is 4.79 Å². The molecule has 0 saturated carbocycles. The van der Waals surface area contributed by atoms with Crippen LogP contribution < -0.4 is 10.2 Å². The van der Waals surface area contributed by atoms with E-state index in [-0.39, 0.29) is 11.6 Å². The summed E-state index contributed by atoms with van der Waals surface area (Å²) in [5.41, 5.74) is 2.21. The lowest BCUT2D eigenvalue weighted by Crippen LogP contribution is -2.23. The predicted octanol–water partition coefficient (Wildman–Crippen LogP) is 3.35. The van der Waals surface area contributed by atoms with Crippen molar-refractivity contribution in [3.05, 3.63) is 52.7 Å². The molecule has 23 heavy (non-hydrogen) atoms. The molecule has 116 valence electrons. The molecule has 3 rings (SSSR count). The fourth-order valence-corrected chi connectivity index (χ4v) is 2.67. The summed E-state index contributed by atoms with van der Waals surface area (Å²) in [6, 6.07) is 13.2. The number of amides is 1. The van der Waals surface area contributed by atoms with Gasteiger partial charge >= 0.3 is 0 Å². The SMILES string of the molecule is N#Cc1nc(NCc2ccc(N3CCCC3=O)cc2)ccc1Cl. The van der Waals surface area contributed by atoms with Crippen LogP contribution in [-0.2, 0) is 11.3 Å². The number of nitrogens with zero attached hydrogens (tertiary/aromatic N) is 3. The Hall–Kier alpha value is -2.58. The van der Waals surface area contributed by atoms with Crippen LogP contribution in [0.2, 0.25) is 5.02 Å². The fraction of sp³-hybridized carbons (Fsp3) is 0.235. The van der Waals surface area contributed by atoms with Gasteiger partial charge in [0.15, 0.2) is 5.69 Å². The molecule has 1 fully saturated rings. The van der Waals surface area contributed by atoms with E-state index in [0.717, 1.165) is 24.2 Å². The number of aromatic nitrogens is 1. The Kier molecular flexibility index (Phi) is 4.45. The summed E-state index contributed by atoms with van der Waals surface area (Å²) in [5.74, 6) is 0.787. The first-order valence-corrected chi connectivity index (χ1v) is 7.75. The maximum absolute atomic E-state index is 11.7. The molecule has 1 aromatic carbocycles. The van der Waals surface area contributed by atoms with Crippen LogP contribution in [0, 0.1) is 11.3 Å². The number of carbonyl (C=O) groups excluding carboxylic acids is 1. The summed E-state index contributed by atoms with van der Waals surface area (Å²) in [7, 11) is 0. The molecule has 0 radical (unpaired) electrons. The van der Waals surface area contributed by atoms with E-state index in [1.54, 1.807) is 12.1 Å². The van der Waals surface area contributed by atoms with Crippen molar-refractivity contribution in [2.24, 2.45) is 0 Å². The third kappa shape index (κ3) is 3.43. The lowest BCUT2D eigenvalue weighted by Gasteiger charge is -2.16. The summed E-state index contributed by atoms with van der Waals surface area (Å²) in [5, 5.41) is 12.4. The van der Waals surface area contributed by atoms with Crippen molar-refractivity contribution in [1.82, 2.24) is 4.98 Å². The van der Waals surface area contributed by atoms with Gasteiger partial charge in [-0.3, -0.25) is 4.79 Å². The Balaban J connectivity index is 1.65. The van der Waals surface area contributed by atoms with Gasteiger partial charge in [0.25, 0.3) is 0 Å². The van der Waals surface area contributed by atoms with Crippen molar-refractivity contribution >= 4 is 29.0 Å². The largest absolute Gasteiger partial charge is 0.366 e. The molecule has 0 atom stereocenters. The van der Waals surface area contributed by atoms with Crippen molar-refractivity contribution in [1.29, 1.82) is 5.26 Å². The molecule has 1 aliphatic rings. The second-order valence-corrected chi connectivity index (χ2v) is 5.71. The van der Waals surface area contributed by atoms with E-state index < -0.39 is 0 Å². The normalized spacial score (nSPS) is 13.9. The Labute approximate surface area is 139 Å². The summed E-state index contributed by atoms with van der Waals surface area (Å²) in [4.78, 5) is 17.7. The highest BCUT2D eigenvalue weighted by Gasteiger charge is 2.21. The molecule has 5 nitrogen and oxygen atoms in total. The van der Waals surface area contributed by atoms with E-state index in [1.807, 2.05) is 35.2 Å². The molecule has 0 bridgehead atoms. The Morgan fingerprint density at radius 2 is 2.04 bits per heavy atom. The minimum atomic E-state index is 0.185. The molecule has 1 amide bonds. The van der Waals surface area contributed by atoms with Gasteiger partial charge in [-0.05, 0) is 36.2 Å². The van der Waals surface area contributed by atoms with E-state index in [0.29, 0.717) is 23.8 Å². The standard InChI is InChI=1S/C17H15ClN4O/c18-14-7-8-16(21-15(14)10-19)20-11-12-3-5-13(6-4-12)22-9-1-2-17(22)23/h3-8H,1-2,9,11H2,(H,20,21). The molecule has 0 spiro atoms. The first-order chi connectivity index (χ1) is 11.2. The van der Waals surface area contributed by atoms with E-state index in [9.17, 15) is 4.79 Å². The second kappa shape index (κ2) is 6.67. The number of pyridine rings is 1. The molecular weight excluding hydrogens is 312 g/mol. The van der Waals surface area contributed by atoms with E-state index in [1.165, 1.54) is 0 Å². The highest BCUT2D eigenvalue weighted by molar-refractivity contribution is 6.31. The van der Waals surface area contributed by atoms with E-state index >= 15 is 0 Å². The van der Waals surface area contributed by atoms with Crippen LogP contribution in [0.1, 0.15) is 24.1 Å². The molecule has 1 aliphatic heterocycles. The maximum Gasteiger partial charge on any atom is 0.227 e. The van der Waals surface area contributed by atoms with Crippen LogP contribution in [0.5, 0.6) is 0 Å². The van der Waals surface area contributed by atoms with Crippen LogP contribution in [-0.4, -0.2) is 17.4 Å². The van der Waals surface area contributed by atoms with Gasteiger partial charge in [-0.15, -0.1) is 0 Å². The lowest BCUT2D eigenvalue weighted by atomic mass is 10.2. The minimum Gasteiger partial charge on any atom is -0.366 e. The van der Waals surface area contributed by atoms with E-state index in [4.69, 9.17) is 16.9 Å². The molecule has 2 aromatic rings. The summed E-state index contributed by atoms with van der Waals surface area (Å²) in [6.45, 7) is 1.37. The molecule has 1 saturated heterocycles. The van der Waals surface area contributed by atoms with Gasteiger partial charge in [0.1, 0.15) is 11.9 Å². The van der Waals surface area contributed by atoms with Gasteiger partial charge in [0, 0.05) is 25.2 Å². The molecule has 1 N–H and O–H groups in total. The van der Waals surface area contributed by atoms with Gasteiger partial charge < -0.3 is 10.2 Å².